The normalized spacial score (nSPS) is 11.5. The fourth-order valence-corrected chi connectivity index (χ4v) is 3.14. The molecule has 0 bridgehead atoms. The Morgan fingerprint density at radius 3 is 2.52 bits per heavy atom. The van der Waals surface area contributed by atoms with Gasteiger partial charge in [-0.15, -0.1) is 0 Å². The average Bonchev–Trinajstić information content (AvgIpc) is 2.78. The number of hydrogen-bond acceptors (Lipinski definition) is 3. The SMILES string of the molecule is COc1cc(/C=C/C(=O)Nc2cc(C(F)(F)F)ccc2Cl)ccc1OCc1ccccc1C. The van der Waals surface area contributed by atoms with Gasteiger partial charge >= 0.3 is 6.18 Å². The van der Waals surface area contributed by atoms with Gasteiger partial charge in [0.15, 0.2) is 11.5 Å². The van der Waals surface area contributed by atoms with Gasteiger partial charge < -0.3 is 14.8 Å². The van der Waals surface area contributed by atoms with E-state index < -0.39 is 17.6 Å². The minimum atomic E-state index is -4.54. The molecule has 0 spiro atoms. The van der Waals surface area contributed by atoms with E-state index in [4.69, 9.17) is 21.1 Å². The third-order valence-corrected chi connectivity index (χ3v) is 5.14. The topological polar surface area (TPSA) is 47.6 Å². The van der Waals surface area contributed by atoms with Gasteiger partial charge in [0.1, 0.15) is 6.61 Å². The van der Waals surface area contributed by atoms with E-state index in [0.29, 0.717) is 23.7 Å². The molecule has 0 aliphatic heterocycles. The van der Waals surface area contributed by atoms with Gasteiger partial charge in [0.05, 0.1) is 23.4 Å². The van der Waals surface area contributed by atoms with Crippen LogP contribution in [0.5, 0.6) is 11.5 Å². The zero-order chi connectivity index (χ0) is 24.0. The maximum atomic E-state index is 12.9. The van der Waals surface area contributed by atoms with E-state index >= 15 is 0 Å². The summed E-state index contributed by atoms with van der Waals surface area (Å²) < 4.78 is 49.9. The van der Waals surface area contributed by atoms with Crippen LogP contribution in [0.4, 0.5) is 18.9 Å². The summed E-state index contributed by atoms with van der Waals surface area (Å²) >= 11 is 5.91. The number of anilines is 1. The number of carbonyl (C=O) groups excluding carboxylic acids is 1. The fraction of sp³-hybridized carbons (Fsp3) is 0.160. The second-order valence-corrected chi connectivity index (χ2v) is 7.55. The maximum Gasteiger partial charge on any atom is 0.416 e. The van der Waals surface area contributed by atoms with Crippen LogP contribution in [0.2, 0.25) is 5.02 Å². The van der Waals surface area contributed by atoms with Gasteiger partial charge in [-0.3, -0.25) is 4.79 Å². The van der Waals surface area contributed by atoms with Crippen molar-refractivity contribution in [2.24, 2.45) is 0 Å². The smallest absolute Gasteiger partial charge is 0.416 e. The van der Waals surface area contributed by atoms with E-state index in [1.165, 1.54) is 19.3 Å². The first kappa shape index (κ1) is 24.2. The molecule has 0 atom stereocenters. The number of rotatable bonds is 7. The molecule has 0 aliphatic rings. The minimum Gasteiger partial charge on any atom is -0.493 e. The molecule has 0 heterocycles. The standard InChI is InChI=1S/C25H21ClF3NO3/c1-16-5-3-4-6-18(16)15-33-22-11-7-17(13-23(22)32-2)8-12-24(31)30-21-14-19(25(27,28)29)9-10-20(21)26/h3-14H,15H2,1-2H3,(H,30,31)/b12-8+. The van der Waals surface area contributed by atoms with E-state index in [9.17, 15) is 18.0 Å². The fourth-order valence-electron chi connectivity index (χ4n) is 2.98. The quantitative estimate of drug-likeness (QED) is 0.378. The molecule has 0 saturated heterocycles. The zero-order valence-electron chi connectivity index (χ0n) is 17.9. The Labute approximate surface area is 194 Å². The molecule has 0 radical (unpaired) electrons. The zero-order valence-corrected chi connectivity index (χ0v) is 18.6. The molecule has 3 rings (SSSR count). The summed E-state index contributed by atoms with van der Waals surface area (Å²) in [5.74, 6) is 0.389. The highest BCUT2D eigenvalue weighted by atomic mass is 35.5. The van der Waals surface area contributed by atoms with E-state index in [1.807, 2.05) is 31.2 Å². The second kappa shape index (κ2) is 10.4. The molecule has 3 aromatic carbocycles. The molecule has 0 saturated carbocycles. The monoisotopic (exact) mass is 475 g/mol. The highest BCUT2D eigenvalue weighted by molar-refractivity contribution is 6.33. The lowest BCUT2D eigenvalue weighted by Crippen LogP contribution is -2.11. The molecule has 0 aromatic heterocycles. The number of aryl methyl sites for hydroxylation is 1. The maximum absolute atomic E-state index is 12.9. The Balaban J connectivity index is 1.68. The molecule has 172 valence electrons. The summed E-state index contributed by atoms with van der Waals surface area (Å²) in [6, 6.07) is 15.7. The van der Waals surface area contributed by atoms with Crippen molar-refractivity contribution in [1.29, 1.82) is 0 Å². The van der Waals surface area contributed by atoms with Gasteiger partial charge in [0, 0.05) is 6.08 Å². The first-order valence-electron chi connectivity index (χ1n) is 9.88. The number of nitrogens with one attached hydrogen (secondary N) is 1. The molecule has 0 fully saturated rings. The first-order chi connectivity index (χ1) is 15.7. The number of ether oxygens (including phenoxy) is 2. The molecule has 0 unspecified atom stereocenters. The number of amides is 1. The summed E-state index contributed by atoms with van der Waals surface area (Å²) in [4.78, 5) is 12.2. The van der Waals surface area contributed by atoms with Crippen LogP contribution < -0.4 is 14.8 Å². The van der Waals surface area contributed by atoms with Crippen molar-refractivity contribution in [3.05, 3.63) is 94.0 Å². The second-order valence-electron chi connectivity index (χ2n) is 7.14. The van der Waals surface area contributed by atoms with Crippen molar-refractivity contribution in [2.45, 2.75) is 19.7 Å². The Morgan fingerprint density at radius 2 is 1.82 bits per heavy atom. The molecule has 33 heavy (non-hydrogen) atoms. The van der Waals surface area contributed by atoms with Gasteiger partial charge in [-0.05, 0) is 60.0 Å². The predicted molar refractivity (Wildman–Crippen MR) is 123 cm³/mol. The summed E-state index contributed by atoms with van der Waals surface area (Å²) in [6.45, 7) is 2.37. The van der Waals surface area contributed by atoms with Crippen LogP contribution in [0, 0.1) is 6.92 Å². The van der Waals surface area contributed by atoms with E-state index in [-0.39, 0.29) is 10.7 Å². The van der Waals surface area contributed by atoms with Crippen molar-refractivity contribution < 1.29 is 27.4 Å². The van der Waals surface area contributed by atoms with Gasteiger partial charge in [0.2, 0.25) is 5.91 Å². The van der Waals surface area contributed by atoms with E-state index in [0.717, 1.165) is 29.3 Å². The number of benzene rings is 3. The predicted octanol–water partition coefficient (Wildman–Crippen LogP) is 6.91. The largest absolute Gasteiger partial charge is 0.493 e. The van der Waals surface area contributed by atoms with Crippen LogP contribution in [0.3, 0.4) is 0 Å². The third kappa shape index (κ3) is 6.52. The van der Waals surface area contributed by atoms with Crippen molar-refractivity contribution in [2.75, 3.05) is 12.4 Å². The number of hydrogen-bond donors (Lipinski definition) is 1. The molecule has 0 aliphatic carbocycles. The summed E-state index contributed by atoms with van der Waals surface area (Å²) in [7, 11) is 1.51. The Kier molecular flexibility index (Phi) is 7.66. The number of halogens is 4. The van der Waals surface area contributed by atoms with Gasteiger partial charge in [-0.2, -0.15) is 13.2 Å². The third-order valence-electron chi connectivity index (χ3n) is 4.81. The first-order valence-corrected chi connectivity index (χ1v) is 10.3. The van der Waals surface area contributed by atoms with E-state index in [1.54, 1.807) is 18.2 Å². The molecular formula is C25H21ClF3NO3. The highest BCUT2D eigenvalue weighted by Crippen LogP contribution is 2.34. The molecule has 1 N–H and O–H groups in total. The highest BCUT2D eigenvalue weighted by Gasteiger charge is 2.31. The van der Waals surface area contributed by atoms with Gasteiger partial charge in [-0.25, -0.2) is 0 Å². The van der Waals surface area contributed by atoms with Crippen LogP contribution in [0.25, 0.3) is 6.08 Å². The van der Waals surface area contributed by atoms with Crippen molar-refractivity contribution in [1.82, 2.24) is 0 Å². The molecular weight excluding hydrogens is 455 g/mol. The summed E-state index contributed by atoms with van der Waals surface area (Å²) in [5.41, 5.74) is 1.77. The minimum absolute atomic E-state index is 0.00146. The van der Waals surface area contributed by atoms with Crippen molar-refractivity contribution in [3.8, 4) is 11.5 Å². The van der Waals surface area contributed by atoms with Crippen LogP contribution >= 0.6 is 11.6 Å². The van der Waals surface area contributed by atoms with Crippen molar-refractivity contribution >= 4 is 29.3 Å². The Hall–Kier alpha value is -3.45. The number of carbonyl (C=O) groups is 1. The lowest BCUT2D eigenvalue weighted by molar-refractivity contribution is -0.137. The van der Waals surface area contributed by atoms with Gasteiger partial charge in [-0.1, -0.05) is 41.9 Å². The van der Waals surface area contributed by atoms with E-state index in [2.05, 4.69) is 5.32 Å². The average molecular weight is 476 g/mol. The Bertz CT molecular complexity index is 1180. The molecule has 3 aromatic rings. The molecule has 4 nitrogen and oxygen atoms in total. The van der Waals surface area contributed by atoms with Crippen LogP contribution in [-0.4, -0.2) is 13.0 Å². The van der Waals surface area contributed by atoms with Crippen LogP contribution in [0.15, 0.2) is 66.7 Å². The lowest BCUT2D eigenvalue weighted by Gasteiger charge is -2.12. The summed E-state index contributed by atoms with van der Waals surface area (Å²) in [5, 5.41) is 2.36. The number of methoxy groups -OCH3 is 1. The van der Waals surface area contributed by atoms with Crippen LogP contribution in [-0.2, 0) is 17.6 Å². The Morgan fingerprint density at radius 1 is 1.06 bits per heavy atom. The molecule has 1 amide bonds. The summed E-state index contributed by atoms with van der Waals surface area (Å²) in [6.07, 6.45) is -1.84. The van der Waals surface area contributed by atoms with Crippen molar-refractivity contribution in [3.63, 3.8) is 0 Å². The molecule has 8 heteroatoms. The van der Waals surface area contributed by atoms with Gasteiger partial charge in [0.25, 0.3) is 0 Å². The van der Waals surface area contributed by atoms with Crippen LogP contribution in [0.1, 0.15) is 22.3 Å². The lowest BCUT2D eigenvalue weighted by atomic mass is 10.1. The number of alkyl halides is 3.